The lowest BCUT2D eigenvalue weighted by atomic mass is 9.75. The zero-order valence-electron chi connectivity index (χ0n) is 13.2. The molecule has 1 atom stereocenters. The van der Waals surface area contributed by atoms with E-state index in [1.54, 1.807) is 0 Å². The van der Waals surface area contributed by atoms with Crippen LogP contribution < -0.4 is 0 Å². The third-order valence-electron chi connectivity index (χ3n) is 4.06. The average molecular weight is 264 g/mol. The maximum atomic E-state index is 2.37. The summed E-state index contributed by atoms with van der Waals surface area (Å²) in [6, 6.07) is 6.74. The van der Waals surface area contributed by atoms with Gasteiger partial charge in [-0.2, -0.15) is 0 Å². The van der Waals surface area contributed by atoms with Crippen LogP contribution in [0.3, 0.4) is 0 Å². The topological polar surface area (TPSA) is 0 Å². The van der Waals surface area contributed by atoms with Crippen LogP contribution in [0.25, 0.3) is 0 Å². The van der Waals surface area contributed by atoms with Gasteiger partial charge in [0.05, 0.1) is 0 Å². The van der Waals surface area contributed by atoms with Crippen molar-refractivity contribution in [1.29, 1.82) is 0 Å². The highest BCUT2D eigenvalue weighted by Gasteiger charge is 2.35. The Morgan fingerprint density at radius 1 is 1.00 bits per heavy atom. The average Bonchev–Trinajstić information content (AvgIpc) is 2.20. The first-order valence-electron chi connectivity index (χ1n) is 6.80. The van der Waals surface area contributed by atoms with E-state index < -0.39 is 0 Å². The maximum absolute atomic E-state index is 2.37. The van der Waals surface area contributed by atoms with Gasteiger partial charge in [-0.25, -0.2) is 0 Å². The van der Waals surface area contributed by atoms with Gasteiger partial charge in [-0.1, -0.05) is 59.2 Å². The number of benzene rings is 1. The SMILES string of the molecule is Cc1ccc(C)c(SC(C)(C)C(C)C(C)(C)C)c1. The van der Waals surface area contributed by atoms with Gasteiger partial charge >= 0.3 is 0 Å². The van der Waals surface area contributed by atoms with Gasteiger partial charge in [0, 0.05) is 9.64 Å². The summed E-state index contributed by atoms with van der Waals surface area (Å²) >= 11 is 2.02. The Morgan fingerprint density at radius 3 is 2.06 bits per heavy atom. The van der Waals surface area contributed by atoms with Gasteiger partial charge in [-0.15, -0.1) is 11.8 Å². The lowest BCUT2D eigenvalue weighted by Gasteiger charge is -2.40. The second-order valence-corrected chi connectivity index (χ2v) is 8.76. The molecule has 0 nitrogen and oxygen atoms in total. The summed E-state index contributed by atoms with van der Waals surface area (Å²) in [6.45, 7) is 18.5. The number of hydrogen-bond donors (Lipinski definition) is 0. The van der Waals surface area contributed by atoms with Gasteiger partial charge in [-0.3, -0.25) is 0 Å². The number of hydrogen-bond acceptors (Lipinski definition) is 1. The molecule has 0 aliphatic carbocycles. The fourth-order valence-electron chi connectivity index (χ4n) is 2.23. The third-order valence-corrected chi connectivity index (χ3v) is 5.60. The molecule has 0 bridgehead atoms. The molecule has 0 saturated carbocycles. The quantitative estimate of drug-likeness (QED) is 0.616. The molecule has 1 aromatic rings. The minimum Gasteiger partial charge on any atom is -0.119 e. The fraction of sp³-hybridized carbons (Fsp3) is 0.647. The van der Waals surface area contributed by atoms with Crippen LogP contribution in [0, 0.1) is 25.2 Å². The summed E-state index contributed by atoms with van der Waals surface area (Å²) in [5.74, 6) is 0.648. The van der Waals surface area contributed by atoms with Gasteiger partial charge in [0.15, 0.2) is 0 Å². The first-order chi connectivity index (χ1) is 8.04. The van der Waals surface area contributed by atoms with E-state index in [4.69, 9.17) is 0 Å². The molecular formula is C17H28S. The largest absolute Gasteiger partial charge is 0.119 e. The van der Waals surface area contributed by atoms with Gasteiger partial charge in [0.1, 0.15) is 0 Å². The fourth-order valence-corrected chi connectivity index (χ4v) is 3.80. The molecule has 0 aliphatic rings. The van der Waals surface area contributed by atoms with Crippen molar-refractivity contribution < 1.29 is 0 Å². The highest BCUT2D eigenvalue weighted by Crippen LogP contribution is 2.46. The molecule has 0 N–H and O–H groups in total. The standard InChI is InChI=1S/C17H28S/c1-12-9-10-13(2)15(11-12)18-17(7,8)14(3)16(4,5)6/h9-11,14H,1-8H3. The van der Waals surface area contributed by atoms with Crippen LogP contribution in [0.4, 0.5) is 0 Å². The van der Waals surface area contributed by atoms with E-state index in [0.29, 0.717) is 11.3 Å². The van der Waals surface area contributed by atoms with Gasteiger partial charge in [-0.05, 0) is 36.8 Å². The zero-order valence-corrected chi connectivity index (χ0v) is 14.0. The Bertz CT molecular complexity index is 410. The van der Waals surface area contributed by atoms with Crippen molar-refractivity contribution in [2.45, 2.75) is 65.0 Å². The number of thioether (sulfide) groups is 1. The third kappa shape index (κ3) is 3.78. The van der Waals surface area contributed by atoms with Crippen LogP contribution in [0.2, 0.25) is 0 Å². The number of rotatable bonds is 3. The normalized spacial score (nSPS) is 14.7. The molecular weight excluding hydrogens is 236 g/mol. The summed E-state index contributed by atoms with van der Waals surface area (Å²) in [5, 5.41) is 0. The minimum absolute atomic E-state index is 0.247. The van der Waals surface area contributed by atoms with Gasteiger partial charge in [0.2, 0.25) is 0 Å². The summed E-state index contributed by atoms with van der Waals surface area (Å²) in [4.78, 5) is 1.43. The first-order valence-corrected chi connectivity index (χ1v) is 7.62. The highest BCUT2D eigenvalue weighted by atomic mass is 32.2. The van der Waals surface area contributed by atoms with E-state index in [9.17, 15) is 0 Å². The molecule has 0 radical (unpaired) electrons. The Morgan fingerprint density at radius 2 is 1.56 bits per heavy atom. The molecule has 0 heterocycles. The molecule has 102 valence electrons. The van der Waals surface area contributed by atoms with Crippen molar-refractivity contribution >= 4 is 11.8 Å². The Kier molecular flexibility index (Phi) is 4.59. The van der Waals surface area contributed by atoms with Crippen molar-refractivity contribution in [1.82, 2.24) is 0 Å². The summed E-state index contributed by atoms with van der Waals surface area (Å²) in [7, 11) is 0. The van der Waals surface area contributed by atoms with E-state index in [2.05, 4.69) is 73.6 Å². The summed E-state index contributed by atoms with van der Waals surface area (Å²) < 4.78 is 0.247. The molecule has 0 aromatic heterocycles. The van der Waals surface area contributed by atoms with Crippen LogP contribution in [0.1, 0.15) is 52.7 Å². The Hall–Kier alpha value is -0.430. The van der Waals surface area contributed by atoms with E-state index in [-0.39, 0.29) is 4.75 Å². The smallest absolute Gasteiger partial charge is 0.0181 e. The van der Waals surface area contributed by atoms with E-state index in [1.165, 1.54) is 16.0 Å². The second-order valence-electron chi connectivity index (χ2n) is 7.06. The van der Waals surface area contributed by atoms with Crippen LogP contribution >= 0.6 is 11.8 Å². The molecule has 1 unspecified atom stereocenters. The lowest BCUT2D eigenvalue weighted by molar-refractivity contribution is 0.219. The predicted octanol–water partition coefficient (Wildman–Crippen LogP) is 5.86. The number of aryl methyl sites for hydroxylation is 2. The lowest BCUT2D eigenvalue weighted by Crippen LogP contribution is -2.35. The van der Waals surface area contributed by atoms with Crippen LogP contribution in [-0.4, -0.2) is 4.75 Å². The zero-order chi connectivity index (χ0) is 14.1. The molecule has 0 aliphatic heterocycles. The predicted molar refractivity (Wildman–Crippen MR) is 84.5 cm³/mol. The molecule has 1 rings (SSSR count). The summed E-state index contributed by atoms with van der Waals surface area (Å²) in [5.41, 5.74) is 3.08. The Labute approximate surface area is 118 Å². The molecule has 18 heavy (non-hydrogen) atoms. The second kappa shape index (κ2) is 5.28. The van der Waals surface area contributed by atoms with Crippen molar-refractivity contribution in [3.05, 3.63) is 29.3 Å². The molecule has 1 heteroatoms. The van der Waals surface area contributed by atoms with Crippen LogP contribution in [0.15, 0.2) is 23.1 Å². The van der Waals surface area contributed by atoms with Crippen molar-refractivity contribution in [3.63, 3.8) is 0 Å². The van der Waals surface area contributed by atoms with Crippen LogP contribution in [0.5, 0.6) is 0 Å². The van der Waals surface area contributed by atoms with Gasteiger partial charge < -0.3 is 0 Å². The summed E-state index contributed by atoms with van der Waals surface area (Å²) in [6.07, 6.45) is 0. The molecule has 0 spiro atoms. The van der Waals surface area contributed by atoms with E-state index in [0.717, 1.165) is 0 Å². The molecule has 1 aromatic carbocycles. The Balaban J connectivity index is 2.98. The highest BCUT2D eigenvalue weighted by molar-refractivity contribution is 8.00. The molecule has 0 saturated heterocycles. The minimum atomic E-state index is 0.247. The van der Waals surface area contributed by atoms with Crippen molar-refractivity contribution in [2.24, 2.45) is 11.3 Å². The van der Waals surface area contributed by atoms with E-state index >= 15 is 0 Å². The first kappa shape index (κ1) is 15.6. The molecule has 0 amide bonds. The monoisotopic (exact) mass is 264 g/mol. The van der Waals surface area contributed by atoms with Crippen molar-refractivity contribution in [3.8, 4) is 0 Å². The molecule has 0 fully saturated rings. The van der Waals surface area contributed by atoms with Crippen molar-refractivity contribution in [2.75, 3.05) is 0 Å². The van der Waals surface area contributed by atoms with E-state index in [1.807, 2.05) is 11.8 Å². The van der Waals surface area contributed by atoms with Gasteiger partial charge in [0.25, 0.3) is 0 Å². The maximum Gasteiger partial charge on any atom is 0.0181 e. The van der Waals surface area contributed by atoms with Crippen LogP contribution in [-0.2, 0) is 0 Å².